The number of pyridine rings is 1. The third-order valence-corrected chi connectivity index (χ3v) is 5.68. The quantitative estimate of drug-likeness (QED) is 0.494. The zero-order valence-corrected chi connectivity index (χ0v) is 18.2. The smallest absolute Gasteiger partial charge is 0.324 e. The van der Waals surface area contributed by atoms with Crippen molar-refractivity contribution in [3.8, 4) is 11.5 Å². The number of nitrogens with zero attached hydrogens (tertiary/aromatic N) is 7. The van der Waals surface area contributed by atoms with Gasteiger partial charge in [-0.1, -0.05) is 18.2 Å². The lowest BCUT2D eigenvalue weighted by Gasteiger charge is -2.36. The normalized spacial score (nSPS) is 14.8. The van der Waals surface area contributed by atoms with Gasteiger partial charge in [-0.3, -0.25) is 4.90 Å². The van der Waals surface area contributed by atoms with Crippen molar-refractivity contribution < 1.29 is 9.21 Å². The van der Waals surface area contributed by atoms with Crippen LogP contribution in [0.2, 0.25) is 0 Å². The summed E-state index contributed by atoms with van der Waals surface area (Å²) in [4.78, 5) is 24.2. The number of fused-ring (bicyclic) bond motifs is 1. The fourth-order valence-electron chi connectivity index (χ4n) is 3.86. The van der Waals surface area contributed by atoms with E-state index in [2.05, 4.69) is 22.1 Å². The molecule has 0 radical (unpaired) electrons. The molecule has 0 saturated carbocycles. The molecule has 164 valence electrons. The molecule has 3 aromatic heterocycles. The number of piperazine rings is 1. The summed E-state index contributed by atoms with van der Waals surface area (Å²) in [5.41, 5.74) is 3.22. The number of carbonyl (C=O) groups is 1. The van der Waals surface area contributed by atoms with Gasteiger partial charge in [0.1, 0.15) is 5.65 Å². The predicted octanol–water partition coefficient (Wildman–Crippen LogP) is 3.07. The van der Waals surface area contributed by atoms with E-state index in [1.807, 2.05) is 64.2 Å². The van der Waals surface area contributed by atoms with Gasteiger partial charge in [0, 0.05) is 56.7 Å². The van der Waals surface area contributed by atoms with Crippen LogP contribution in [0.25, 0.3) is 17.1 Å². The Hall–Kier alpha value is -3.72. The van der Waals surface area contributed by atoms with Crippen LogP contribution in [0.1, 0.15) is 11.6 Å². The molecule has 0 N–H and O–H groups in total. The van der Waals surface area contributed by atoms with E-state index in [9.17, 15) is 4.79 Å². The molecule has 9 nitrogen and oxygen atoms in total. The number of anilines is 1. The number of hydrogen-bond acceptors (Lipinski definition) is 6. The number of likely N-dealkylation sites (N-methyl/N-ethyl adjacent to an activating group) is 1. The molecule has 9 heteroatoms. The SMILES string of the molecule is Cc1nnc(-c2ccn3cc(CN(C(=O)N4CCN(C)CC4)c4ccccc4)nc3c2)o1. The van der Waals surface area contributed by atoms with Crippen molar-refractivity contribution in [3.05, 3.63) is 66.4 Å². The van der Waals surface area contributed by atoms with Crippen molar-refractivity contribution in [1.29, 1.82) is 0 Å². The Morgan fingerprint density at radius 3 is 2.59 bits per heavy atom. The Morgan fingerprint density at radius 2 is 1.88 bits per heavy atom. The number of carbonyl (C=O) groups excluding carboxylic acids is 1. The van der Waals surface area contributed by atoms with E-state index in [1.165, 1.54) is 0 Å². The maximum absolute atomic E-state index is 13.4. The van der Waals surface area contributed by atoms with Crippen LogP contribution in [-0.4, -0.2) is 68.6 Å². The van der Waals surface area contributed by atoms with E-state index in [4.69, 9.17) is 9.40 Å². The van der Waals surface area contributed by atoms with Gasteiger partial charge >= 0.3 is 6.03 Å². The van der Waals surface area contributed by atoms with Gasteiger partial charge in [0.2, 0.25) is 11.8 Å². The van der Waals surface area contributed by atoms with Crippen LogP contribution in [0, 0.1) is 6.92 Å². The lowest BCUT2D eigenvalue weighted by molar-refractivity contribution is 0.159. The van der Waals surface area contributed by atoms with Crippen molar-refractivity contribution in [2.24, 2.45) is 0 Å². The molecule has 1 saturated heterocycles. The van der Waals surface area contributed by atoms with Gasteiger partial charge in [-0.2, -0.15) is 0 Å². The van der Waals surface area contributed by atoms with Crippen LogP contribution in [0.15, 0.2) is 59.3 Å². The van der Waals surface area contributed by atoms with E-state index >= 15 is 0 Å². The maximum atomic E-state index is 13.4. The van der Waals surface area contributed by atoms with Crippen LogP contribution in [0.5, 0.6) is 0 Å². The summed E-state index contributed by atoms with van der Waals surface area (Å²) in [5.74, 6) is 0.982. The summed E-state index contributed by atoms with van der Waals surface area (Å²) >= 11 is 0. The number of rotatable bonds is 4. The van der Waals surface area contributed by atoms with Gasteiger partial charge in [0.15, 0.2) is 0 Å². The van der Waals surface area contributed by atoms with Gasteiger partial charge in [0.25, 0.3) is 0 Å². The first-order chi connectivity index (χ1) is 15.6. The van der Waals surface area contributed by atoms with Crippen LogP contribution in [0.4, 0.5) is 10.5 Å². The average molecular weight is 432 g/mol. The third kappa shape index (κ3) is 4.06. The van der Waals surface area contributed by atoms with E-state index in [0.29, 0.717) is 18.3 Å². The molecule has 1 aliphatic rings. The summed E-state index contributed by atoms with van der Waals surface area (Å²) in [7, 11) is 2.08. The highest BCUT2D eigenvalue weighted by atomic mass is 16.4. The molecule has 0 spiro atoms. The second-order valence-electron chi connectivity index (χ2n) is 8.03. The van der Waals surface area contributed by atoms with E-state index in [-0.39, 0.29) is 6.03 Å². The molecule has 0 bridgehead atoms. The summed E-state index contributed by atoms with van der Waals surface area (Å²) in [5, 5.41) is 7.98. The van der Waals surface area contributed by atoms with Crippen molar-refractivity contribution >= 4 is 17.4 Å². The lowest BCUT2D eigenvalue weighted by atomic mass is 10.2. The number of hydrogen-bond donors (Lipinski definition) is 0. The Bertz CT molecular complexity index is 1230. The van der Waals surface area contributed by atoms with Gasteiger partial charge in [-0.05, 0) is 31.3 Å². The summed E-state index contributed by atoms with van der Waals surface area (Å²) in [6.45, 7) is 5.33. The molecular weight excluding hydrogens is 406 g/mol. The topological polar surface area (TPSA) is 83.0 Å². The van der Waals surface area contributed by atoms with Crippen LogP contribution in [0.3, 0.4) is 0 Å². The zero-order chi connectivity index (χ0) is 22.1. The van der Waals surface area contributed by atoms with Gasteiger partial charge < -0.3 is 18.6 Å². The Kier molecular flexibility index (Phi) is 5.32. The van der Waals surface area contributed by atoms with Crippen LogP contribution in [-0.2, 0) is 6.54 Å². The Balaban J connectivity index is 1.43. The number of aryl methyl sites for hydroxylation is 1. The molecule has 0 unspecified atom stereocenters. The highest BCUT2D eigenvalue weighted by molar-refractivity contribution is 5.92. The van der Waals surface area contributed by atoms with Gasteiger partial charge in [-0.15, -0.1) is 10.2 Å². The predicted molar refractivity (Wildman–Crippen MR) is 120 cm³/mol. The Morgan fingerprint density at radius 1 is 1.09 bits per heavy atom. The number of imidazole rings is 1. The van der Waals surface area contributed by atoms with E-state index < -0.39 is 0 Å². The summed E-state index contributed by atoms with van der Waals surface area (Å²) < 4.78 is 7.47. The molecule has 4 aromatic rings. The molecule has 32 heavy (non-hydrogen) atoms. The monoisotopic (exact) mass is 431 g/mol. The number of urea groups is 1. The van der Waals surface area contributed by atoms with Crippen LogP contribution < -0.4 is 4.90 Å². The minimum Gasteiger partial charge on any atom is -0.421 e. The highest BCUT2D eigenvalue weighted by Gasteiger charge is 2.26. The largest absolute Gasteiger partial charge is 0.421 e. The minimum atomic E-state index is 0.00313. The van der Waals surface area contributed by atoms with E-state index in [1.54, 1.807) is 11.8 Å². The second kappa shape index (κ2) is 8.43. The number of amides is 2. The Labute approximate surface area is 185 Å². The van der Waals surface area contributed by atoms with Gasteiger partial charge in [-0.25, -0.2) is 9.78 Å². The van der Waals surface area contributed by atoms with E-state index in [0.717, 1.165) is 48.8 Å². The molecule has 2 amide bonds. The van der Waals surface area contributed by atoms with Gasteiger partial charge in [0.05, 0.1) is 12.2 Å². The molecule has 1 aliphatic heterocycles. The molecule has 0 atom stereocenters. The standard InChI is InChI=1S/C23H25N7O2/c1-17-25-26-22(32-17)18-8-9-29-15-19(24-21(29)14-18)16-30(20-6-4-3-5-7-20)23(31)28-12-10-27(2)11-13-28/h3-9,14-15H,10-13,16H2,1-2H3. The number of para-hydroxylation sites is 1. The first-order valence-electron chi connectivity index (χ1n) is 10.6. The zero-order valence-electron chi connectivity index (χ0n) is 18.2. The molecule has 1 aromatic carbocycles. The molecular formula is C23H25N7O2. The van der Waals surface area contributed by atoms with Crippen molar-refractivity contribution in [1.82, 2.24) is 29.4 Å². The van der Waals surface area contributed by atoms with Crippen molar-refractivity contribution in [3.63, 3.8) is 0 Å². The average Bonchev–Trinajstić information content (AvgIpc) is 3.43. The summed E-state index contributed by atoms with van der Waals surface area (Å²) in [6, 6.07) is 13.6. The third-order valence-electron chi connectivity index (χ3n) is 5.68. The molecule has 1 fully saturated rings. The van der Waals surface area contributed by atoms with Crippen molar-refractivity contribution in [2.45, 2.75) is 13.5 Å². The maximum Gasteiger partial charge on any atom is 0.324 e. The van der Waals surface area contributed by atoms with Crippen molar-refractivity contribution in [2.75, 3.05) is 38.1 Å². The first-order valence-corrected chi connectivity index (χ1v) is 10.6. The second-order valence-corrected chi connectivity index (χ2v) is 8.03. The molecule has 4 heterocycles. The first kappa shape index (κ1) is 20.2. The molecule has 5 rings (SSSR count). The fourth-order valence-corrected chi connectivity index (χ4v) is 3.86. The fraction of sp³-hybridized carbons (Fsp3) is 0.304. The minimum absolute atomic E-state index is 0.00313. The molecule has 0 aliphatic carbocycles. The highest BCUT2D eigenvalue weighted by Crippen LogP contribution is 2.22. The number of aromatic nitrogens is 4. The lowest BCUT2D eigenvalue weighted by Crippen LogP contribution is -2.51. The number of benzene rings is 1. The summed E-state index contributed by atoms with van der Waals surface area (Å²) in [6.07, 6.45) is 3.86. The van der Waals surface area contributed by atoms with Crippen LogP contribution >= 0.6 is 0 Å².